The van der Waals surface area contributed by atoms with E-state index in [1.807, 2.05) is 0 Å². The van der Waals surface area contributed by atoms with Crippen LogP contribution in [-0.4, -0.2) is 44.1 Å². The summed E-state index contributed by atoms with van der Waals surface area (Å²) >= 11 is -1.44. The first kappa shape index (κ1) is 31.4. The van der Waals surface area contributed by atoms with Gasteiger partial charge in [-0.25, -0.2) is 4.79 Å². The molecule has 8 saturated carbocycles. The molecule has 8 fully saturated rings. The zero-order valence-electron chi connectivity index (χ0n) is 20.4. The van der Waals surface area contributed by atoms with Crippen LogP contribution in [0.2, 0.25) is 0 Å². The molecule has 8 rings (SSSR count). The number of aliphatic hydroxyl groups is 2. The van der Waals surface area contributed by atoms with Gasteiger partial charge in [0.15, 0.2) is 0 Å². The van der Waals surface area contributed by atoms with Crippen molar-refractivity contribution in [1.29, 1.82) is 0 Å². The minimum atomic E-state index is -1.44. The number of hydrogen-bond donors (Lipinski definition) is 3. The van der Waals surface area contributed by atoms with Gasteiger partial charge in [-0.3, -0.25) is 9.59 Å². The number of ketones is 2. The van der Waals surface area contributed by atoms with Crippen LogP contribution < -0.4 is 42.0 Å². The molecule has 8 aliphatic rings. The van der Waals surface area contributed by atoms with Crippen LogP contribution in [0.15, 0.2) is 0 Å². The van der Waals surface area contributed by atoms with E-state index in [1.165, 1.54) is 6.42 Å². The molecule has 11 heteroatoms. The predicted molar refractivity (Wildman–Crippen MR) is 109 cm³/mol. The summed E-state index contributed by atoms with van der Waals surface area (Å²) in [5.74, 6) is 0.301. The summed E-state index contributed by atoms with van der Waals surface area (Å²) in [5, 5.41) is 29.6. The number of rotatable bonds is 3. The number of halogens is 1. The zero-order chi connectivity index (χ0) is 24.2. The second-order valence-electron chi connectivity index (χ2n) is 12.2. The van der Waals surface area contributed by atoms with Crippen LogP contribution in [-0.2, 0) is 36.9 Å². The Morgan fingerprint density at radius 3 is 1.31 bits per heavy atom. The van der Waals surface area contributed by atoms with Gasteiger partial charge in [0.2, 0.25) is 5.78 Å². The summed E-state index contributed by atoms with van der Waals surface area (Å²) in [6.45, 7) is 1.72. The first-order chi connectivity index (χ1) is 15.4. The van der Waals surface area contributed by atoms with Crippen LogP contribution in [0, 0.1) is 34.5 Å². The Morgan fingerprint density at radius 1 is 0.714 bits per heavy atom. The summed E-state index contributed by atoms with van der Waals surface area (Å²) in [6, 6.07) is 0. The van der Waals surface area contributed by atoms with Crippen LogP contribution in [0.4, 0.5) is 0 Å². The van der Waals surface area contributed by atoms with Crippen molar-refractivity contribution >= 4 is 17.5 Å². The van der Waals surface area contributed by atoms with Gasteiger partial charge < -0.3 is 27.7 Å². The summed E-state index contributed by atoms with van der Waals surface area (Å²) in [7, 11) is 0. The molecule has 0 aromatic heterocycles. The molecule has 0 spiro atoms. The Bertz CT molecular complexity index is 876. The molecule has 0 heterocycles. The molecule has 0 amide bonds. The number of hydrogen-bond acceptors (Lipinski definition) is 7. The van der Waals surface area contributed by atoms with Crippen LogP contribution in [0.3, 0.4) is 0 Å². The Labute approximate surface area is 240 Å². The van der Waals surface area contributed by atoms with E-state index in [0.29, 0.717) is 48.7 Å². The fourth-order valence-corrected chi connectivity index (χ4v) is 9.33. The van der Waals surface area contributed by atoms with E-state index in [9.17, 15) is 24.6 Å². The Morgan fingerprint density at radius 2 is 1.03 bits per heavy atom. The molecule has 8 bridgehead atoms. The van der Waals surface area contributed by atoms with Crippen molar-refractivity contribution in [2.24, 2.45) is 34.5 Å². The summed E-state index contributed by atoms with van der Waals surface area (Å²) in [4.78, 5) is 34.4. The Balaban J connectivity index is 0.000000213. The van der Waals surface area contributed by atoms with Crippen molar-refractivity contribution in [2.45, 2.75) is 95.2 Å². The van der Waals surface area contributed by atoms with Gasteiger partial charge in [-0.15, -0.1) is 0 Å². The minimum absolute atomic E-state index is 0. The molecule has 3 N–H and O–H groups in total. The molecular formula is C24H34ClMnNaO8. The Hall–Kier alpha value is 0.139. The van der Waals surface area contributed by atoms with E-state index in [1.54, 1.807) is 6.92 Å². The van der Waals surface area contributed by atoms with Gasteiger partial charge in [0, 0.05) is 10.8 Å². The number of Topliss-reactive ketones (excluding diaryl/α,β-unsaturated/α-hetero) is 2. The molecule has 0 aliphatic heterocycles. The van der Waals surface area contributed by atoms with E-state index in [0.717, 1.165) is 51.4 Å². The Kier molecular flexibility index (Phi) is 9.94. The maximum atomic E-state index is 11.8. The molecule has 0 saturated heterocycles. The molecule has 0 aromatic rings. The normalized spacial score (nSPS) is 44.9. The molecule has 8 nitrogen and oxygen atoms in total. The molecule has 4 atom stereocenters. The SMILES string of the molecule is CC(=O)C12CC3CC(CC(O)(C3)C1)C2.O=C(O)C(=O)C12CC3CC(CC(O)(C3)C1)C2.[Cl-].[Na+].[O]=[Mn]=[O]. The quantitative estimate of drug-likeness (QED) is 0.239. The van der Waals surface area contributed by atoms with E-state index in [-0.39, 0.29) is 47.4 Å². The topological polar surface area (TPSA) is 146 Å². The van der Waals surface area contributed by atoms with E-state index in [2.05, 4.69) is 0 Å². The third-order valence-electron chi connectivity index (χ3n) is 9.48. The predicted octanol–water partition coefficient (Wildman–Crippen LogP) is -3.35. The van der Waals surface area contributed by atoms with E-state index >= 15 is 0 Å². The third kappa shape index (κ3) is 6.08. The van der Waals surface area contributed by atoms with Gasteiger partial charge >= 0.3 is 58.0 Å². The number of carboxylic acids is 1. The number of carbonyl (C=O) groups is 3. The number of aliphatic carboxylic acids is 1. The van der Waals surface area contributed by atoms with Gasteiger partial charge in [0.25, 0.3) is 0 Å². The first-order valence-corrected chi connectivity index (χ1v) is 12.9. The first-order valence-electron chi connectivity index (χ1n) is 12.0. The molecular weight excluding hydrogens is 530 g/mol. The van der Waals surface area contributed by atoms with Crippen molar-refractivity contribution < 1.29 is 94.2 Å². The maximum absolute atomic E-state index is 11.8. The standard InChI is InChI=1S/C12H16O4.C12H18O2.ClH.Mn.Na.2O/c13-9(10(14)15)11-2-7-1-8(3-11)5-12(16,4-7)6-11;1-8(13)11-3-9-2-10(4-11)6-12(14,5-9)7-11;;;;;/h7-8,16H,1-6H2,(H,14,15);9-10,14H,2-7H2,1H3;1H;;;;/q;;;;+1;;/p-1. The second kappa shape index (κ2) is 11.1. The fourth-order valence-electron chi connectivity index (χ4n) is 9.33. The molecule has 8 aliphatic carbocycles. The van der Waals surface area contributed by atoms with Crippen LogP contribution in [0.1, 0.15) is 84.0 Å². The molecule has 4 unspecified atom stereocenters. The molecule has 35 heavy (non-hydrogen) atoms. The average molecular weight is 564 g/mol. The van der Waals surface area contributed by atoms with Crippen molar-refractivity contribution in [3.63, 3.8) is 0 Å². The van der Waals surface area contributed by atoms with Gasteiger partial charge in [-0.05, 0) is 108 Å². The van der Waals surface area contributed by atoms with Crippen LogP contribution >= 0.6 is 0 Å². The molecule has 193 valence electrons. The second-order valence-corrected chi connectivity index (χ2v) is 12.4. The van der Waals surface area contributed by atoms with E-state index < -0.39 is 43.2 Å². The van der Waals surface area contributed by atoms with Crippen molar-refractivity contribution in [3.05, 3.63) is 0 Å². The van der Waals surface area contributed by atoms with Gasteiger partial charge in [-0.1, -0.05) is 0 Å². The fraction of sp³-hybridized carbons (Fsp3) is 0.875. The number of carboxylic acid groups (broad SMARTS) is 1. The molecule has 0 radical (unpaired) electrons. The van der Waals surface area contributed by atoms with Crippen molar-refractivity contribution in [3.8, 4) is 0 Å². The van der Waals surface area contributed by atoms with Gasteiger partial charge in [0.05, 0.1) is 11.2 Å². The average Bonchev–Trinajstić information content (AvgIpc) is 2.64. The monoisotopic (exact) mass is 563 g/mol. The van der Waals surface area contributed by atoms with Crippen LogP contribution in [0.25, 0.3) is 0 Å². The summed E-state index contributed by atoms with van der Waals surface area (Å²) < 4.78 is 16.8. The van der Waals surface area contributed by atoms with Gasteiger partial charge in [0.1, 0.15) is 5.78 Å². The van der Waals surface area contributed by atoms with E-state index in [4.69, 9.17) is 12.8 Å². The summed E-state index contributed by atoms with van der Waals surface area (Å²) in [6.07, 6.45) is 10.4. The number of carbonyl (C=O) groups excluding carboxylic acids is 2. The van der Waals surface area contributed by atoms with Crippen molar-refractivity contribution in [2.75, 3.05) is 0 Å². The third-order valence-corrected chi connectivity index (χ3v) is 9.48. The van der Waals surface area contributed by atoms with Crippen molar-refractivity contribution in [1.82, 2.24) is 0 Å². The summed E-state index contributed by atoms with van der Waals surface area (Å²) in [5.41, 5.74) is -2.10. The van der Waals surface area contributed by atoms with Crippen LogP contribution in [0.5, 0.6) is 0 Å². The van der Waals surface area contributed by atoms with Gasteiger partial charge in [-0.2, -0.15) is 0 Å². The zero-order valence-corrected chi connectivity index (χ0v) is 24.4. The molecule has 0 aromatic carbocycles.